The fourth-order valence-corrected chi connectivity index (χ4v) is 2.34. The molecular formula is C20H18FN3O2. The second-order valence-corrected chi connectivity index (χ2v) is 5.70. The van der Waals surface area contributed by atoms with Crippen LogP contribution < -0.4 is 10.1 Å². The van der Waals surface area contributed by atoms with Crippen LogP contribution in [0.5, 0.6) is 6.01 Å². The molecule has 1 amide bonds. The minimum absolute atomic E-state index is 0.163. The van der Waals surface area contributed by atoms with Crippen molar-refractivity contribution in [2.75, 3.05) is 13.2 Å². The third kappa shape index (κ3) is 4.42. The van der Waals surface area contributed by atoms with Crippen molar-refractivity contribution in [2.45, 2.75) is 6.92 Å². The zero-order valence-electron chi connectivity index (χ0n) is 14.3. The first kappa shape index (κ1) is 17.5. The Kier molecular flexibility index (Phi) is 5.53. The van der Waals surface area contributed by atoms with Crippen molar-refractivity contribution in [3.8, 4) is 17.1 Å². The maximum Gasteiger partial charge on any atom is 0.316 e. The lowest BCUT2D eigenvalue weighted by Crippen LogP contribution is -2.28. The lowest BCUT2D eigenvalue weighted by molar-refractivity contribution is 0.0946. The fourth-order valence-electron chi connectivity index (χ4n) is 2.34. The summed E-state index contributed by atoms with van der Waals surface area (Å²) in [6.07, 6.45) is 3.01. The molecule has 0 aliphatic carbocycles. The van der Waals surface area contributed by atoms with E-state index in [1.165, 1.54) is 18.5 Å². The Hall–Kier alpha value is -3.28. The van der Waals surface area contributed by atoms with Crippen molar-refractivity contribution in [1.29, 1.82) is 0 Å². The molecule has 6 heteroatoms. The Bertz CT molecular complexity index is 880. The monoisotopic (exact) mass is 351 g/mol. The molecule has 0 fully saturated rings. The van der Waals surface area contributed by atoms with Crippen molar-refractivity contribution < 1.29 is 13.9 Å². The quantitative estimate of drug-likeness (QED) is 0.692. The summed E-state index contributed by atoms with van der Waals surface area (Å²) in [6.45, 7) is 2.52. The van der Waals surface area contributed by atoms with Crippen LogP contribution in [0.2, 0.25) is 0 Å². The largest absolute Gasteiger partial charge is 0.462 e. The lowest BCUT2D eigenvalue weighted by atomic mass is 10.1. The predicted octanol–water partition coefficient (Wildman–Crippen LogP) is 3.40. The van der Waals surface area contributed by atoms with E-state index in [1.807, 2.05) is 19.1 Å². The van der Waals surface area contributed by atoms with Crippen molar-refractivity contribution in [3.63, 3.8) is 0 Å². The molecule has 0 unspecified atom stereocenters. The number of ether oxygens (including phenoxy) is 1. The van der Waals surface area contributed by atoms with Crippen LogP contribution in [0.4, 0.5) is 4.39 Å². The summed E-state index contributed by atoms with van der Waals surface area (Å²) in [7, 11) is 0. The molecule has 0 spiro atoms. The van der Waals surface area contributed by atoms with Crippen LogP contribution in [-0.2, 0) is 0 Å². The van der Waals surface area contributed by atoms with Gasteiger partial charge in [0.05, 0.1) is 6.54 Å². The Morgan fingerprint density at radius 1 is 1.08 bits per heavy atom. The van der Waals surface area contributed by atoms with Gasteiger partial charge in [-0.15, -0.1) is 0 Å². The molecule has 0 bridgehead atoms. The van der Waals surface area contributed by atoms with E-state index in [9.17, 15) is 9.18 Å². The maximum absolute atomic E-state index is 13.7. The van der Waals surface area contributed by atoms with Crippen LogP contribution in [0, 0.1) is 12.7 Å². The van der Waals surface area contributed by atoms with E-state index >= 15 is 0 Å². The van der Waals surface area contributed by atoms with Gasteiger partial charge in [-0.25, -0.2) is 14.4 Å². The highest BCUT2D eigenvalue weighted by molar-refractivity contribution is 5.94. The highest BCUT2D eigenvalue weighted by Crippen LogP contribution is 2.21. The van der Waals surface area contributed by atoms with Gasteiger partial charge in [0, 0.05) is 29.1 Å². The number of nitrogens with zero attached hydrogens (tertiary/aromatic N) is 2. The molecule has 0 aliphatic heterocycles. The number of carbonyl (C=O) groups is 1. The van der Waals surface area contributed by atoms with Crippen LogP contribution in [0.1, 0.15) is 15.9 Å². The summed E-state index contributed by atoms with van der Waals surface area (Å²) < 4.78 is 19.1. The Labute approximate surface area is 150 Å². The van der Waals surface area contributed by atoms with Gasteiger partial charge in [-0.3, -0.25) is 4.79 Å². The maximum atomic E-state index is 13.7. The van der Waals surface area contributed by atoms with Crippen LogP contribution >= 0.6 is 0 Å². The number of rotatable bonds is 6. The molecule has 26 heavy (non-hydrogen) atoms. The average molecular weight is 351 g/mol. The number of halogens is 1. The molecule has 2 aromatic carbocycles. The number of aromatic nitrogens is 2. The second kappa shape index (κ2) is 8.20. The van der Waals surface area contributed by atoms with Crippen molar-refractivity contribution in [2.24, 2.45) is 0 Å². The lowest BCUT2D eigenvalue weighted by Gasteiger charge is -2.07. The first-order chi connectivity index (χ1) is 12.6. The van der Waals surface area contributed by atoms with Crippen LogP contribution in [0.25, 0.3) is 11.1 Å². The molecule has 132 valence electrons. The molecule has 0 atom stereocenters. The highest BCUT2D eigenvalue weighted by Gasteiger charge is 2.07. The SMILES string of the molecule is Cc1ccc(C(=O)NCCOc2ncc(-c3ccccc3F)cn2)cc1. The fraction of sp³-hybridized carbons (Fsp3) is 0.150. The number of carbonyl (C=O) groups excluding carboxylic acids is 1. The number of nitrogens with one attached hydrogen (secondary N) is 1. The Morgan fingerprint density at radius 2 is 1.77 bits per heavy atom. The van der Waals surface area contributed by atoms with E-state index in [0.717, 1.165) is 5.56 Å². The molecule has 0 saturated carbocycles. The Balaban J connectivity index is 1.49. The summed E-state index contributed by atoms with van der Waals surface area (Å²) in [5, 5.41) is 2.76. The molecule has 0 aliphatic rings. The van der Waals surface area contributed by atoms with Gasteiger partial charge in [0.15, 0.2) is 0 Å². The van der Waals surface area contributed by atoms with Gasteiger partial charge in [-0.2, -0.15) is 0 Å². The standard InChI is InChI=1S/C20H18FN3O2/c1-14-6-8-15(9-7-14)19(25)22-10-11-26-20-23-12-16(13-24-20)17-4-2-3-5-18(17)21/h2-9,12-13H,10-11H2,1H3,(H,22,25). The third-order valence-corrected chi connectivity index (χ3v) is 3.75. The van der Waals surface area contributed by atoms with Gasteiger partial charge < -0.3 is 10.1 Å². The number of hydrogen-bond donors (Lipinski definition) is 1. The number of hydrogen-bond acceptors (Lipinski definition) is 4. The van der Waals surface area contributed by atoms with E-state index in [0.29, 0.717) is 23.2 Å². The molecule has 1 N–H and O–H groups in total. The van der Waals surface area contributed by atoms with Crippen molar-refractivity contribution in [3.05, 3.63) is 77.9 Å². The zero-order valence-corrected chi connectivity index (χ0v) is 14.3. The van der Waals surface area contributed by atoms with Gasteiger partial charge in [-0.05, 0) is 25.1 Å². The second-order valence-electron chi connectivity index (χ2n) is 5.70. The molecule has 3 rings (SSSR count). The topological polar surface area (TPSA) is 64.1 Å². The molecule has 1 heterocycles. The van der Waals surface area contributed by atoms with Gasteiger partial charge in [-0.1, -0.05) is 35.9 Å². The van der Waals surface area contributed by atoms with Crippen LogP contribution in [0.3, 0.4) is 0 Å². The Morgan fingerprint density at radius 3 is 2.46 bits per heavy atom. The average Bonchev–Trinajstić information content (AvgIpc) is 2.67. The summed E-state index contributed by atoms with van der Waals surface area (Å²) in [4.78, 5) is 20.1. The van der Waals surface area contributed by atoms with E-state index in [4.69, 9.17) is 4.74 Å². The summed E-state index contributed by atoms with van der Waals surface area (Å²) in [5.74, 6) is -0.493. The van der Waals surface area contributed by atoms with Crippen LogP contribution in [0.15, 0.2) is 60.9 Å². The molecule has 3 aromatic rings. The molecule has 5 nitrogen and oxygen atoms in total. The van der Waals surface area contributed by atoms with E-state index in [2.05, 4.69) is 15.3 Å². The highest BCUT2D eigenvalue weighted by atomic mass is 19.1. The minimum atomic E-state index is -0.330. The van der Waals surface area contributed by atoms with Gasteiger partial charge in [0.25, 0.3) is 5.91 Å². The number of aryl methyl sites for hydroxylation is 1. The smallest absolute Gasteiger partial charge is 0.316 e. The predicted molar refractivity (Wildman–Crippen MR) is 96.4 cm³/mol. The number of amides is 1. The molecule has 0 saturated heterocycles. The van der Waals surface area contributed by atoms with Gasteiger partial charge in [0.2, 0.25) is 0 Å². The summed E-state index contributed by atoms with van der Waals surface area (Å²) >= 11 is 0. The minimum Gasteiger partial charge on any atom is -0.462 e. The van der Waals surface area contributed by atoms with E-state index < -0.39 is 0 Å². The third-order valence-electron chi connectivity index (χ3n) is 3.75. The number of benzene rings is 2. The van der Waals surface area contributed by atoms with Gasteiger partial charge >= 0.3 is 6.01 Å². The normalized spacial score (nSPS) is 10.4. The summed E-state index contributed by atoms with van der Waals surface area (Å²) in [5.41, 5.74) is 2.70. The molecular weight excluding hydrogens is 333 g/mol. The van der Waals surface area contributed by atoms with E-state index in [-0.39, 0.29) is 24.3 Å². The van der Waals surface area contributed by atoms with Crippen LogP contribution in [-0.4, -0.2) is 29.0 Å². The van der Waals surface area contributed by atoms with Crippen molar-refractivity contribution in [1.82, 2.24) is 15.3 Å². The molecule has 1 aromatic heterocycles. The van der Waals surface area contributed by atoms with Gasteiger partial charge in [0.1, 0.15) is 12.4 Å². The van der Waals surface area contributed by atoms with Crippen molar-refractivity contribution >= 4 is 5.91 Å². The first-order valence-corrected chi connectivity index (χ1v) is 8.18. The summed E-state index contributed by atoms with van der Waals surface area (Å²) in [6, 6.07) is 13.9. The molecule has 0 radical (unpaired) electrons. The zero-order chi connectivity index (χ0) is 18.4. The van der Waals surface area contributed by atoms with E-state index in [1.54, 1.807) is 30.3 Å². The first-order valence-electron chi connectivity index (χ1n) is 8.18.